The van der Waals surface area contributed by atoms with Gasteiger partial charge in [0.25, 0.3) is 5.91 Å². The summed E-state index contributed by atoms with van der Waals surface area (Å²) in [5.41, 5.74) is 3.58. The molecule has 2 aromatic heterocycles. The van der Waals surface area contributed by atoms with Crippen LogP contribution in [0.3, 0.4) is 0 Å². The molecule has 1 aromatic carbocycles. The van der Waals surface area contributed by atoms with Gasteiger partial charge in [-0.2, -0.15) is 5.10 Å². The molecule has 0 unspecified atom stereocenters. The largest absolute Gasteiger partial charge is 0.345 e. The van der Waals surface area contributed by atoms with Gasteiger partial charge in [-0.1, -0.05) is 30.3 Å². The van der Waals surface area contributed by atoms with E-state index < -0.39 is 0 Å². The summed E-state index contributed by atoms with van der Waals surface area (Å²) < 4.78 is 1.90. The molecule has 1 amide bonds. The van der Waals surface area contributed by atoms with Crippen LogP contribution in [0.1, 0.15) is 73.2 Å². The third-order valence-corrected chi connectivity index (χ3v) is 4.96. The van der Waals surface area contributed by atoms with Crippen LogP contribution in [-0.2, 0) is 0 Å². The lowest BCUT2D eigenvalue weighted by Crippen LogP contribution is -2.27. The fraction of sp³-hybridized carbons (Fsp3) is 0.381. The number of rotatable bonds is 5. The monoisotopic (exact) mass is 348 g/mol. The van der Waals surface area contributed by atoms with Crippen LogP contribution < -0.4 is 5.32 Å². The molecule has 1 atom stereocenters. The molecule has 2 heterocycles. The Balaban J connectivity index is 1.71. The molecular weight excluding hydrogens is 324 g/mol. The van der Waals surface area contributed by atoms with Crippen LogP contribution in [0.2, 0.25) is 0 Å². The van der Waals surface area contributed by atoms with Crippen molar-refractivity contribution in [2.45, 2.75) is 51.6 Å². The first kappa shape index (κ1) is 16.8. The Morgan fingerprint density at radius 3 is 2.58 bits per heavy atom. The number of carbonyl (C=O) groups is 1. The van der Waals surface area contributed by atoms with Gasteiger partial charge in [-0.3, -0.25) is 4.79 Å². The molecule has 1 aliphatic rings. The van der Waals surface area contributed by atoms with Gasteiger partial charge in [0, 0.05) is 17.7 Å². The van der Waals surface area contributed by atoms with E-state index in [0.717, 1.165) is 35.1 Å². The van der Waals surface area contributed by atoms with Crippen LogP contribution >= 0.6 is 0 Å². The molecule has 0 bridgehead atoms. The second-order valence-electron chi connectivity index (χ2n) is 7.39. The fourth-order valence-corrected chi connectivity index (χ4v) is 3.29. The molecule has 0 saturated heterocycles. The van der Waals surface area contributed by atoms with E-state index in [1.807, 2.05) is 48.0 Å². The molecule has 1 aliphatic carbocycles. The number of aromatic nitrogens is 3. The van der Waals surface area contributed by atoms with Crippen LogP contribution in [0.4, 0.5) is 0 Å². The maximum Gasteiger partial charge on any atom is 0.252 e. The molecule has 1 saturated carbocycles. The highest BCUT2D eigenvalue weighted by atomic mass is 16.1. The second-order valence-corrected chi connectivity index (χ2v) is 7.39. The van der Waals surface area contributed by atoms with Crippen molar-refractivity contribution in [1.29, 1.82) is 0 Å². The number of nitrogens with zero attached hydrogens (tertiary/aromatic N) is 3. The summed E-state index contributed by atoms with van der Waals surface area (Å²) in [4.78, 5) is 17.9. The van der Waals surface area contributed by atoms with Crippen molar-refractivity contribution in [3.8, 4) is 0 Å². The van der Waals surface area contributed by atoms with E-state index in [1.54, 1.807) is 6.20 Å². The van der Waals surface area contributed by atoms with Crippen molar-refractivity contribution in [2.75, 3.05) is 0 Å². The van der Waals surface area contributed by atoms with Gasteiger partial charge in [0.05, 0.1) is 23.2 Å². The summed E-state index contributed by atoms with van der Waals surface area (Å²) in [7, 11) is 0. The third-order valence-electron chi connectivity index (χ3n) is 4.96. The molecular formula is C21H24N4O. The van der Waals surface area contributed by atoms with Gasteiger partial charge in [-0.15, -0.1) is 0 Å². The van der Waals surface area contributed by atoms with Crippen molar-refractivity contribution in [3.63, 3.8) is 0 Å². The lowest BCUT2D eigenvalue weighted by molar-refractivity contribution is 0.0941. The highest BCUT2D eigenvalue weighted by Crippen LogP contribution is 2.40. The zero-order chi connectivity index (χ0) is 18.3. The topological polar surface area (TPSA) is 59.8 Å². The van der Waals surface area contributed by atoms with Gasteiger partial charge < -0.3 is 5.32 Å². The summed E-state index contributed by atoms with van der Waals surface area (Å²) >= 11 is 0. The van der Waals surface area contributed by atoms with Crippen LogP contribution in [0, 0.1) is 0 Å². The minimum absolute atomic E-state index is 0.0589. The number of nitrogens with one attached hydrogen (secondary N) is 1. The van der Waals surface area contributed by atoms with Crippen LogP contribution in [0.25, 0.3) is 11.0 Å². The first-order chi connectivity index (χ1) is 12.5. The molecule has 26 heavy (non-hydrogen) atoms. The average Bonchev–Trinajstić information content (AvgIpc) is 3.40. The van der Waals surface area contributed by atoms with Crippen molar-refractivity contribution < 1.29 is 4.79 Å². The summed E-state index contributed by atoms with van der Waals surface area (Å²) in [6.45, 7) is 6.16. The molecule has 0 aliphatic heterocycles. The molecule has 3 aromatic rings. The highest BCUT2D eigenvalue weighted by molar-refractivity contribution is 6.05. The lowest BCUT2D eigenvalue weighted by Gasteiger charge is -2.15. The summed E-state index contributed by atoms with van der Waals surface area (Å²) in [5, 5.41) is 8.42. The summed E-state index contributed by atoms with van der Waals surface area (Å²) in [6.07, 6.45) is 4.06. The Morgan fingerprint density at radius 2 is 1.92 bits per heavy atom. The molecule has 1 N–H and O–H groups in total. The van der Waals surface area contributed by atoms with E-state index in [2.05, 4.69) is 24.3 Å². The number of hydrogen-bond acceptors (Lipinski definition) is 3. The van der Waals surface area contributed by atoms with Gasteiger partial charge in [-0.05, 0) is 45.2 Å². The Bertz CT molecular complexity index is 941. The molecule has 1 fully saturated rings. The predicted molar refractivity (Wildman–Crippen MR) is 102 cm³/mol. The number of carbonyl (C=O) groups excluding carboxylic acids is 1. The average molecular weight is 348 g/mol. The quantitative estimate of drug-likeness (QED) is 0.744. The second kappa shape index (κ2) is 6.56. The Hall–Kier alpha value is -2.69. The maximum atomic E-state index is 13.0. The van der Waals surface area contributed by atoms with Gasteiger partial charge in [-0.25, -0.2) is 9.67 Å². The fourth-order valence-electron chi connectivity index (χ4n) is 3.29. The number of fused-ring (bicyclic) bond motifs is 1. The Morgan fingerprint density at radius 1 is 1.19 bits per heavy atom. The van der Waals surface area contributed by atoms with E-state index in [0.29, 0.717) is 11.5 Å². The molecule has 0 spiro atoms. The first-order valence-electron chi connectivity index (χ1n) is 9.28. The van der Waals surface area contributed by atoms with Crippen LogP contribution in [0.5, 0.6) is 0 Å². The van der Waals surface area contributed by atoms with Crippen LogP contribution in [0.15, 0.2) is 42.6 Å². The standard InChI is InChI=1S/C21H24N4O/c1-13(2)25-20-18(12-22-25)17(11-19(24-20)16-9-10-16)21(26)23-14(3)15-7-5-4-6-8-15/h4-8,11-14,16H,9-10H2,1-3H3,(H,23,26)/t14-/m0/s1. The smallest absolute Gasteiger partial charge is 0.252 e. The van der Waals surface area contributed by atoms with Gasteiger partial charge in [0.2, 0.25) is 0 Å². The predicted octanol–water partition coefficient (Wildman–Crippen LogP) is 4.38. The van der Waals surface area contributed by atoms with E-state index in [4.69, 9.17) is 4.98 Å². The minimum atomic E-state index is -0.0704. The number of benzene rings is 1. The van der Waals surface area contributed by atoms with E-state index >= 15 is 0 Å². The SMILES string of the molecule is CC(C)n1ncc2c(C(=O)N[C@@H](C)c3ccccc3)cc(C3CC3)nc21. The van der Waals surface area contributed by atoms with E-state index in [1.165, 1.54) is 0 Å². The van der Waals surface area contributed by atoms with E-state index in [9.17, 15) is 4.79 Å². The Kier molecular flexibility index (Phi) is 4.23. The van der Waals surface area contributed by atoms with Gasteiger partial charge in [0.1, 0.15) is 0 Å². The van der Waals surface area contributed by atoms with Crippen molar-refractivity contribution in [3.05, 3.63) is 59.4 Å². The van der Waals surface area contributed by atoms with Gasteiger partial charge >= 0.3 is 0 Å². The van der Waals surface area contributed by atoms with Crippen molar-refractivity contribution in [1.82, 2.24) is 20.1 Å². The van der Waals surface area contributed by atoms with Crippen molar-refractivity contribution >= 4 is 16.9 Å². The third kappa shape index (κ3) is 3.09. The van der Waals surface area contributed by atoms with Crippen LogP contribution in [-0.4, -0.2) is 20.7 Å². The van der Waals surface area contributed by atoms with Crippen molar-refractivity contribution in [2.24, 2.45) is 0 Å². The minimum Gasteiger partial charge on any atom is -0.345 e. The van der Waals surface area contributed by atoms with Gasteiger partial charge in [0.15, 0.2) is 5.65 Å². The zero-order valence-corrected chi connectivity index (χ0v) is 15.4. The zero-order valence-electron chi connectivity index (χ0n) is 15.4. The first-order valence-corrected chi connectivity index (χ1v) is 9.28. The number of amides is 1. The molecule has 0 radical (unpaired) electrons. The molecule has 5 nitrogen and oxygen atoms in total. The molecule has 5 heteroatoms. The summed E-state index contributed by atoms with van der Waals surface area (Å²) in [6, 6.07) is 12.1. The normalized spacial score (nSPS) is 15.4. The Labute approximate surface area is 153 Å². The van der Waals surface area contributed by atoms with E-state index in [-0.39, 0.29) is 18.0 Å². The highest BCUT2D eigenvalue weighted by Gasteiger charge is 2.28. The molecule has 4 rings (SSSR count). The lowest BCUT2D eigenvalue weighted by atomic mass is 10.1. The summed E-state index contributed by atoms with van der Waals surface area (Å²) in [5.74, 6) is 0.409. The number of hydrogen-bond donors (Lipinski definition) is 1. The molecule has 134 valence electrons. The maximum absolute atomic E-state index is 13.0. The number of pyridine rings is 1.